The lowest BCUT2D eigenvalue weighted by atomic mass is 10.1. The molecule has 8 atom stereocenters. The minimum Gasteiger partial charge on any atom is -0.496 e. The van der Waals surface area contributed by atoms with Crippen LogP contribution in [0.5, 0.6) is 23.0 Å². The fourth-order valence-electron chi connectivity index (χ4n) is 12.6. The van der Waals surface area contributed by atoms with Gasteiger partial charge in [-0.05, 0) is 123 Å². The van der Waals surface area contributed by atoms with Crippen LogP contribution in [0.25, 0.3) is 0 Å². The van der Waals surface area contributed by atoms with Gasteiger partial charge in [0.25, 0.3) is 0 Å². The van der Waals surface area contributed by atoms with Crippen LogP contribution in [0.4, 0.5) is 9.59 Å². The molecule has 8 bridgehead atoms. The van der Waals surface area contributed by atoms with E-state index in [1.165, 1.54) is 49.2 Å². The number of ether oxygens (including phenoxy) is 6. The molecule has 0 aromatic heterocycles. The lowest BCUT2D eigenvalue weighted by Crippen LogP contribution is -2.49. The number of likely N-dealkylation sites (tertiary alicyclic amines) is 6. The first-order chi connectivity index (χ1) is 39.9. The number of piperazine rings is 4. The molecule has 8 aliphatic rings. The maximum absolute atomic E-state index is 12.3. The number of hydrogen-bond acceptors (Lipinski definition) is 14. The Labute approximate surface area is 541 Å². The minimum atomic E-state index is -0.441. The van der Waals surface area contributed by atoms with Gasteiger partial charge in [-0.25, -0.2) is 9.59 Å². The van der Waals surface area contributed by atoms with Gasteiger partial charge in [0.05, 0.1) is 28.4 Å². The lowest BCUT2D eigenvalue weighted by molar-refractivity contribution is 0.0122. The highest BCUT2D eigenvalue weighted by Crippen LogP contribution is 2.37. The summed E-state index contributed by atoms with van der Waals surface area (Å²) >= 11 is 17.2. The average Bonchev–Trinajstić information content (AvgIpc) is 2.26. The molecular formula is C63H87Br5N8O8. The van der Waals surface area contributed by atoms with Crippen LogP contribution in [0.15, 0.2) is 90.7 Å². The highest BCUT2D eigenvalue weighted by Gasteiger charge is 2.47. The van der Waals surface area contributed by atoms with E-state index < -0.39 is 5.60 Å². The van der Waals surface area contributed by atoms with Crippen molar-refractivity contribution in [2.75, 3.05) is 87.8 Å². The Morgan fingerprint density at radius 2 is 0.833 bits per heavy atom. The van der Waals surface area contributed by atoms with Gasteiger partial charge in [0.1, 0.15) is 34.2 Å². The third-order valence-corrected chi connectivity index (χ3v) is 19.3. The molecule has 462 valence electrons. The Morgan fingerprint density at radius 3 is 1.15 bits per heavy atom. The summed E-state index contributed by atoms with van der Waals surface area (Å²) in [5.41, 5.74) is 4.09. The number of nitrogens with zero attached hydrogens (tertiary/aromatic N) is 6. The first-order valence-electron chi connectivity index (χ1n) is 29.2. The molecule has 21 heteroatoms. The van der Waals surface area contributed by atoms with Gasteiger partial charge in [0, 0.05) is 166 Å². The largest absolute Gasteiger partial charge is 0.496 e. The van der Waals surface area contributed by atoms with E-state index in [1.54, 1.807) is 28.4 Å². The molecule has 0 unspecified atom stereocenters. The Morgan fingerprint density at radius 1 is 0.464 bits per heavy atom. The van der Waals surface area contributed by atoms with Gasteiger partial charge < -0.3 is 53.8 Å². The number of methoxy groups -OCH3 is 4. The molecule has 8 aliphatic heterocycles. The van der Waals surface area contributed by atoms with E-state index in [-0.39, 0.29) is 23.8 Å². The van der Waals surface area contributed by atoms with Crippen LogP contribution in [0, 0.1) is 0 Å². The van der Waals surface area contributed by atoms with Crippen molar-refractivity contribution in [2.45, 2.75) is 152 Å². The standard InChI is InChI=1S/C18H25BrN2O3.C14H19BrN2O.C13H17BrN2O.C10H18N2O2.C8H8Br2O/c1-18(2,3)24-17(22)21-11-14-8-15(21)10-20(14)9-12-5-6-13(19)7-16(12)23-4;1-16-8-13-6-12(16)9-17(13)7-10-3-4-11(15)5-14(10)18-2;1-17-13-4-10(14)3-2-9(13)7-16-8-11-5-12(16)6-15-11;1-10(2,3)14-9(13)12-6-7-4-8(12)5-11-7;1-11-8-4-7(10)3-2-6(8)5-9/h5-7,14-15H,8-11H2,1-4H3;3-5,12-13H,6-9H2,1-2H3;2-4,11-12,15H,5-8H2,1H3;7-8,11H,4-6H2,1-3H3;2-4H,5H2,1H3/t14-,15-;12-,13-;11-,12-;7-,8-;/m0000./s1. The molecule has 84 heavy (non-hydrogen) atoms. The number of fused-ring (bicyclic) bond motifs is 8. The third-order valence-electron chi connectivity index (χ3n) is 16.7. The van der Waals surface area contributed by atoms with E-state index in [1.807, 2.05) is 87.7 Å². The second-order valence-corrected chi connectivity index (χ2v) is 29.3. The summed E-state index contributed by atoms with van der Waals surface area (Å²) in [5.74, 6) is 3.78. The monoisotopic (exact) mass is 1480 g/mol. The van der Waals surface area contributed by atoms with Crippen molar-refractivity contribution in [1.82, 2.24) is 40.0 Å². The number of carbonyl (C=O) groups excluding carboxylic acids is 2. The molecule has 2 amide bonds. The van der Waals surface area contributed by atoms with E-state index in [4.69, 9.17) is 28.4 Å². The van der Waals surface area contributed by atoms with Crippen molar-refractivity contribution in [3.05, 3.63) is 113 Å². The highest BCUT2D eigenvalue weighted by molar-refractivity contribution is 9.11. The predicted molar refractivity (Wildman–Crippen MR) is 350 cm³/mol. The van der Waals surface area contributed by atoms with E-state index in [0.29, 0.717) is 30.2 Å². The second kappa shape index (κ2) is 29.9. The minimum absolute atomic E-state index is 0.161. The normalized spacial score (nSPS) is 24.8. The van der Waals surface area contributed by atoms with Crippen molar-refractivity contribution in [3.8, 4) is 23.0 Å². The van der Waals surface area contributed by atoms with E-state index in [2.05, 4.69) is 153 Å². The number of benzene rings is 4. The Balaban J connectivity index is 0.000000140. The third kappa shape index (κ3) is 18.0. The molecule has 12 rings (SSSR count). The Hall–Kier alpha value is -3.22. The van der Waals surface area contributed by atoms with E-state index in [9.17, 15) is 9.59 Å². The summed E-state index contributed by atoms with van der Waals surface area (Å²) in [6.45, 7) is 22.4. The van der Waals surface area contributed by atoms with Crippen LogP contribution >= 0.6 is 79.6 Å². The molecular weight excluding hydrogens is 1400 g/mol. The van der Waals surface area contributed by atoms with Gasteiger partial charge in [-0.2, -0.15) is 0 Å². The van der Waals surface area contributed by atoms with Gasteiger partial charge >= 0.3 is 12.2 Å². The molecule has 0 radical (unpaired) electrons. The fraction of sp³-hybridized carbons (Fsp3) is 0.587. The number of carbonyl (C=O) groups is 2. The molecule has 4 aromatic rings. The smallest absolute Gasteiger partial charge is 0.410 e. The molecule has 4 aromatic carbocycles. The van der Waals surface area contributed by atoms with Crippen LogP contribution < -0.4 is 29.6 Å². The zero-order valence-corrected chi connectivity index (χ0v) is 58.6. The first kappa shape index (κ1) is 66.7. The average molecular weight is 1480 g/mol. The number of rotatable bonds is 11. The highest BCUT2D eigenvalue weighted by atomic mass is 79.9. The summed E-state index contributed by atoms with van der Waals surface area (Å²) in [4.78, 5) is 37.9. The van der Waals surface area contributed by atoms with Gasteiger partial charge in [-0.3, -0.25) is 14.7 Å². The van der Waals surface area contributed by atoms with Gasteiger partial charge in [-0.1, -0.05) is 104 Å². The number of halogens is 5. The summed E-state index contributed by atoms with van der Waals surface area (Å²) in [6, 6.07) is 29.1. The van der Waals surface area contributed by atoms with Crippen molar-refractivity contribution in [3.63, 3.8) is 0 Å². The number of likely N-dealkylation sites (N-methyl/N-ethyl adjacent to an activating group) is 1. The molecule has 0 spiro atoms. The van der Waals surface area contributed by atoms with Gasteiger partial charge in [0.2, 0.25) is 0 Å². The fourth-order valence-corrected chi connectivity index (χ4v) is 14.4. The van der Waals surface area contributed by atoms with Gasteiger partial charge in [-0.15, -0.1) is 0 Å². The zero-order valence-electron chi connectivity index (χ0n) is 50.7. The van der Waals surface area contributed by atoms with Gasteiger partial charge in [0.15, 0.2) is 0 Å². The zero-order chi connectivity index (χ0) is 60.6. The Kier molecular flexibility index (Phi) is 23.7. The predicted octanol–water partition coefficient (Wildman–Crippen LogP) is 12.3. The topological polar surface area (TPSA) is 133 Å². The second-order valence-electron chi connectivity index (χ2n) is 25.0. The number of amides is 2. The van der Waals surface area contributed by atoms with Crippen molar-refractivity contribution >= 4 is 91.8 Å². The van der Waals surface area contributed by atoms with Crippen molar-refractivity contribution in [1.29, 1.82) is 0 Å². The summed E-state index contributed by atoms with van der Waals surface area (Å²) in [6.07, 6.45) is 4.40. The van der Waals surface area contributed by atoms with Crippen LogP contribution in [0.3, 0.4) is 0 Å². The van der Waals surface area contributed by atoms with E-state index in [0.717, 1.165) is 129 Å². The van der Waals surface area contributed by atoms with Crippen LogP contribution in [0.2, 0.25) is 0 Å². The summed E-state index contributed by atoms with van der Waals surface area (Å²) in [5, 5.41) is 7.71. The van der Waals surface area contributed by atoms with Crippen LogP contribution in [-0.2, 0) is 34.4 Å². The molecule has 0 aliphatic carbocycles. The molecule has 8 fully saturated rings. The Bertz CT molecular complexity index is 2860. The summed E-state index contributed by atoms with van der Waals surface area (Å²) in [7, 11) is 9.10. The SMILES string of the molecule is CC(C)(C)OC(=O)N1C[C@@H]2C[C@H]1CN2.COc1cc(Br)ccc1CBr.COc1cc(Br)ccc1CN1C[C@@H]2C[C@H]1CN2.COc1cc(Br)ccc1CN1C[C@@H]2C[C@H]1CN2C.COc1cc(Br)ccc1CN1C[C@@H]2C[C@H]1CN2C(=O)OC(C)(C)C. The quantitative estimate of drug-likeness (QED) is 0.138. The molecule has 8 saturated heterocycles. The lowest BCUT2D eigenvalue weighted by Gasteiger charge is -2.35. The van der Waals surface area contributed by atoms with E-state index >= 15 is 0 Å². The van der Waals surface area contributed by atoms with Crippen molar-refractivity contribution < 1.29 is 38.0 Å². The van der Waals surface area contributed by atoms with Crippen LogP contribution in [0.1, 0.15) is 89.5 Å². The number of nitrogens with one attached hydrogen (secondary N) is 2. The molecule has 0 saturated carbocycles. The maximum Gasteiger partial charge on any atom is 0.410 e. The van der Waals surface area contributed by atoms with Crippen LogP contribution in [-0.4, -0.2) is 189 Å². The molecule has 16 nitrogen and oxygen atoms in total. The molecule has 2 N–H and O–H groups in total. The number of alkyl halides is 1. The maximum atomic E-state index is 12.3. The first-order valence-corrected chi connectivity index (χ1v) is 33.5. The van der Waals surface area contributed by atoms with Crippen molar-refractivity contribution in [2.24, 2.45) is 0 Å². The number of hydrogen-bond donors (Lipinski definition) is 2. The molecule has 8 heterocycles. The summed E-state index contributed by atoms with van der Waals surface area (Å²) < 4.78 is 36.6.